The Morgan fingerprint density at radius 1 is 1.30 bits per heavy atom. The first kappa shape index (κ1) is 15.4. The number of aryl methyl sites for hydroxylation is 2. The fraction of sp³-hybridized carbons (Fsp3) is 0.188. The first-order valence-electron chi connectivity index (χ1n) is 6.94. The number of nitrogens with zero attached hydrogens (tertiary/aromatic N) is 3. The molecule has 0 saturated heterocycles. The van der Waals surface area contributed by atoms with E-state index in [1.807, 2.05) is 42.8 Å². The van der Waals surface area contributed by atoms with Crippen molar-refractivity contribution >= 4 is 34.7 Å². The summed E-state index contributed by atoms with van der Waals surface area (Å²) in [4.78, 5) is 11.7. The average Bonchev–Trinajstić information content (AvgIpc) is 3.04. The van der Waals surface area contributed by atoms with E-state index in [4.69, 9.17) is 4.42 Å². The number of carboxylic acids is 1. The topological polar surface area (TPSA) is 81.2 Å². The number of aliphatic carboxylic acids is 1. The summed E-state index contributed by atoms with van der Waals surface area (Å²) in [5.41, 5.74) is 2.93. The van der Waals surface area contributed by atoms with E-state index in [9.17, 15) is 9.90 Å². The largest absolute Gasteiger partial charge is 0.477 e. The number of benzene rings is 1. The van der Waals surface area contributed by atoms with Crippen molar-refractivity contribution < 1.29 is 14.3 Å². The highest BCUT2D eigenvalue weighted by molar-refractivity contribution is 8.03. The summed E-state index contributed by atoms with van der Waals surface area (Å²) in [5.74, 6) is -0.628. The second-order valence-corrected chi connectivity index (χ2v) is 6.07. The molecule has 0 fully saturated rings. The Morgan fingerprint density at radius 2 is 2.04 bits per heavy atom. The smallest absolute Gasteiger partial charge is 0.342 e. The van der Waals surface area contributed by atoms with Crippen LogP contribution in [0.4, 0.5) is 0 Å². The van der Waals surface area contributed by atoms with Gasteiger partial charge in [-0.05, 0) is 30.8 Å². The van der Waals surface area contributed by atoms with Gasteiger partial charge in [-0.15, -0.1) is 10.2 Å². The molecule has 118 valence electrons. The van der Waals surface area contributed by atoms with E-state index in [0.29, 0.717) is 5.89 Å². The van der Waals surface area contributed by atoms with Gasteiger partial charge in [-0.3, -0.25) is 0 Å². The van der Waals surface area contributed by atoms with E-state index < -0.39 is 5.97 Å². The number of thioether (sulfide) groups is 1. The highest BCUT2D eigenvalue weighted by Gasteiger charge is 2.17. The molecule has 2 aromatic heterocycles. The number of para-hydroxylation sites is 1. The van der Waals surface area contributed by atoms with Crippen LogP contribution in [0.5, 0.6) is 0 Å². The highest BCUT2D eigenvalue weighted by atomic mass is 32.2. The number of hydrogen-bond acceptors (Lipinski definition) is 5. The maximum Gasteiger partial charge on any atom is 0.342 e. The van der Waals surface area contributed by atoms with Crippen molar-refractivity contribution in [1.29, 1.82) is 0 Å². The molecule has 0 aliphatic heterocycles. The van der Waals surface area contributed by atoms with Gasteiger partial charge in [0.2, 0.25) is 5.89 Å². The van der Waals surface area contributed by atoms with Crippen molar-refractivity contribution in [1.82, 2.24) is 14.8 Å². The lowest BCUT2D eigenvalue weighted by Gasteiger charge is -2.00. The third-order valence-electron chi connectivity index (χ3n) is 3.64. The van der Waals surface area contributed by atoms with Crippen LogP contribution in [0.25, 0.3) is 17.0 Å². The van der Waals surface area contributed by atoms with Gasteiger partial charge in [-0.2, -0.15) is 0 Å². The van der Waals surface area contributed by atoms with E-state index >= 15 is 0 Å². The zero-order valence-electron chi connectivity index (χ0n) is 12.9. The van der Waals surface area contributed by atoms with Crippen LogP contribution >= 0.6 is 11.8 Å². The molecule has 1 aromatic carbocycles. The van der Waals surface area contributed by atoms with Gasteiger partial charge in [0.05, 0.1) is 0 Å². The van der Waals surface area contributed by atoms with Crippen LogP contribution in [0.2, 0.25) is 0 Å². The van der Waals surface area contributed by atoms with Gasteiger partial charge in [-0.1, -0.05) is 18.2 Å². The first-order chi connectivity index (χ1) is 11.0. The Balaban J connectivity index is 2.10. The number of hydrogen-bond donors (Lipinski definition) is 1. The summed E-state index contributed by atoms with van der Waals surface area (Å²) in [7, 11) is 1.96. The molecular formula is C16H15N3O3S. The molecule has 0 atom stereocenters. The van der Waals surface area contributed by atoms with Crippen molar-refractivity contribution in [3.63, 3.8) is 0 Å². The average molecular weight is 329 g/mol. The van der Waals surface area contributed by atoms with Crippen LogP contribution in [0, 0.1) is 13.8 Å². The third kappa shape index (κ3) is 2.87. The zero-order valence-corrected chi connectivity index (χ0v) is 13.7. The molecule has 3 rings (SSSR count). The molecule has 0 aliphatic rings. The molecule has 7 heteroatoms. The van der Waals surface area contributed by atoms with Gasteiger partial charge in [-0.25, -0.2) is 4.79 Å². The summed E-state index contributed by atoms with van der Waals surface area (Å²) in [6, 6.07) is 7.89. The molecule has 6 nitrogen and oxygen atoms in total. The molecule has 3 aromatic rings. The van der Waals surface area contributed by atoms with Crippen molar-refractivity contribution in [3.8, 4) is 0 Å². The molecule has 0 aliphatic carbocycles. The van der Waals surface area contributed by atoms with Crippen LogP contribution in [0.1, 0.15) is 17.1 Å². The van der Waals surface area contributed by atoms with Crippen molar-refractivity contribution in [3.05, 3.63) is 46.3 Å². The maximum absolute atomic E-state index is 11.6. The quantitative estimate of drug-likeness (QED) is 0.583. The minimum atomic E-state index is -1.03. The van der Waals surface area contributed by atoms with Crippen molar-refractivity contribution in [2.24, 2.45) is 7.05 Å². The summed E-state index contributed by atoms with van der Waals surface area (Å²) in [6.45, 7) is 3.63. The Labute approximate surface area is 136 Å². The van der Waals surface area contributed by atoms with E-state index in [2.05, 4.69) is 10.2 Å². The van der Waals surface area contributed by atoms with Crippen molar-refractivity contribution in [2.45, 2.75) is 19.1 Å². The molecule has 0 amide bonds. The SMILES string of the molecule is Cc1nnc(S/C(=C\c2c(C)n(C)c3ccccc23)C(=O)O)o1. The molecule has 0 bridgehead atoms. The lowest BCUT2D eigenvalue weighted by molar-refractivity contribution is -0.131. The van der Waals surface area contributed by atoms with Crippen molar-refractivity contribution in [2.75, 3.05) is 0 Å². The maximum atomic E-state index is 11.6. The molecule has 23 heavy (non-hydrogen) atoms. The summed E-state index contributed by atoms with van der Waals surface area (Å²) in [6.07, 6.45) is 1.66. The molecule has 1 N–H and O–H groups in total. The van der Waals surface area contributed by atoms with E-state index in [1.165, 1.54) is 0 Å². The summed E-state index contributed by atoms with van der Waals surface area (Å²) < 4.78 is 7.30. The van der Waals surface area contributed by atoms with Gasteiger partial charge in [0.1, 0.15) is 4.91 Å². The molecular weight excluding hydrogens is 314 g/mol. The van der Waals surface area contributed by atoms with Crippen LogP contribution in [0.3, 0.4) is 0 Å². The second-order valence-electron chi connectivity index (χ2n) is 5.08. The van der Waals surface area contributed by atoms with Crippen LogP contribution in [-0.2, 0) is 11.8 Å². The molecule has 0 saturated carbocycles. The van der Waals surface area contributed by atoms with Crippen LogP contribution < -0.4 is 0 Å². The van der Waals surface area contributed by atoms with Crippen LogP contribution in [0.15, 0.2) is 38.8 Å². The minimum Gasteiger partial charge on any atom is -0.477 e. The van der Waals surface area contributed by atoms with Gasteiger partial charge < -0.3 is 14.1 Å². The summed E-state index contributed by atoms with van der Waals surface area (Å²) >= 11 is 0.951. The van der Waals surface area contributed by atoms with Gasteiger partial charge in [0.15, 0.2) is 0 Å². The fourth-order valence-electron chi connectivity index (χ4n) is 2.41. The Morgan fingerprint density at radius 3 is 2.70 bits per heavy atom. The minimum absolute atomic E-state index is 0.133. The lowest BCUT2D eigenvalue weighted by atomic mass is 10.1. The molecule has 0 spiro atoms. The van der Waals surface area contributed by atoms with Gasteiger partial charge >= 0.3 is 5.97 Å². The number of aromatic nitrogens is 3. The number of fused-ring (bicyclic) bond motifs is 1. The van der Waals surface area contributed by atoms with Gasteiger partial charge in [0, 0.05) is 36.1 Å². The van der Waals surface area contributed by atoms with Crippen LogP contribution in [-0.4, -0.2) is 25.8 Å². The lowest BCUT2D eigenvalue weighted by Crippen LogP contribution is -1.97. The van der Waals surface area contributed by atoms with E-state index in [-0.39, 0.29) is 10.1 Å². The Hall–Kier alpha value is -2.54. The Bertz CT molecular complexity index is 924. The normalized spacial score (nSPS) is 12.0. The zero-order chi connectivity index (χ0) is 16.6. The summed E-state index contributed by atoms with van der Waals surface area (Å²) in [5, 5.41) is 18.3. The van der Waals surface area contributed by atoms with Gasteiger partial charge in [0.25, 0.3) is 5.22 Å². The Kier molecular flexibility index (Phi) is 3.96. The predicted octanol–water partition coefficient (Wildman–Crippen LogP) is 3.40. The van der Waals surface area contributed by atoms with E-state index in [0.717, 1.165) is 33.9 Å². The number of carbonyl (C=O) groups is 1. The molecule has 0 unspecified atom stereocenters. The fourth-order valence-corrected chi connectivity index (χ4v) is 3.11. The predicted molar refractivity (Wildman–Crippen MR) is 88.2 cm³/mol. The molecule has 0 radical (unpaired) electrons. The second kappa shape index (κ2) is 5.92. The third-order valence-corrected chi connectivity index (χ3v) is 4.49. The first-order valence-corrected chi connectivity index (χ1v) is 7.76. The van der Waals surface area contributed by atoms with E-state index in [1.54, 1.807) is 13.0 Å². The highest BCUT2D eigenvalue weighted by Crippen LogP contribution is 2.32. The monoisotopic (exact) mass is 329 g/mol. The molecule has 2 heterocycles. The number of rotatable bonds is 4. The number of carboxylic acid groups (broad SMARTS) is 1. The standard InChI is InChI=1S/C16H15N3O3S/c1-9-12(11-6-4-5-7-13(11)19(9)3)8-14(15(20)21)23-16-18-17-10(2)22-16/h4-8H,1-3H3,(H,20,21)/b14-8-.